The lowest BCUT2D eigenvalue weighted by molar-refractivity contribution is 0.612. The average molecular weight is 184 g/mol. The van der Waals surface area contributed by atoms with Crippen molar-refractivity contribution >= 4 is 11.6 Å². The Bertz CT molecular complexity index is 340. The Labute approximate surface area is 75.4 Å². The summed E-state index contributed by atoms with van der Waals surface area (Å²) in [5.74, 6) is -0.363. The number of halogens is 2. The molecule has 1 aromatic carbocycles. The fourth-order valence-corrected chi connectivity index (χ4v) is 1.17. The Morgan fingerprint density at radius 1 is 1.58 bits per heavy atom. The van der Waals surface area contributed by atoms with Gasteiger partial charge in [0.2, 0.25) is 0 Å². The van der Waals surface area contributed by atoms with Gasteiger partial charge in [-0.2, -0.15) is 5.26 Å². The lowest BCUT2D eigenvalue weighted by atomic mass is 10.1. The number of rotatable bonds is 1. The first-order valence-electron chi connectivity index (χ1n) is 3.57. The summed E-state index contributed by atoms with van der Waals surface area (Å²) in [5.41, 5.74) is 0.727. The van der Waals surface area contributed by atoms with Crippen LogP contribution in [0.15, 0.2) is 12.1 Å². The van der Waals surface area contributed by atoms with Gasteiger partial charge in [0.25, 0.3) is 0 Å². The van der Waals surface area contributed by atoms with Crippen LogP contribution < -0.4 is 0 Å². The van der Waals surface area contributed by atoms with E-state index in [2.05, 4.69) is 0 Å². The second-order valence-corrected chi connectivity index (χ2v) is 2.80. The molecule has 0 N–H and O–H groups in total. The molecule has 0 aliphatic carbocycles. The molecule has 0 aliphatic rings. The van der Waals surface area contributed by atoms with E-state index in [4.69, 9.17) is 16.9 Å². The minimum atomic E-state index is -0.363. The van der Waals surface area contributed by atoms with Gasteiger partial charge in [-0.3, -0.25) is 0 Å². The molecule has 0 atom stereocenters. The maximum absolute atomic E-state index is 13.0. The molecule has 1 nitrogen and oxygen atoms in total. The maximum atomic E-state index is 13.0. The summed E-state index contributed by atoms with van der Waals surface area (Å²) >= 11 is 5.69. The summed E-state index contributed by atoms with van der Waals surface area (Å²) in [7, 11) is 0. The molecule has 0 aromatic heterocycles. The van der Waals surface area contributed by atoms with E-state index in [-0.39, 0.29) is 11.4 Å². The van der Waals surface area contributed by atoms with Crippen LogP contribution in [0.3, 0.4) is 0 Å². The van der Waals surface area contributed by atoms with Gasteiger partial charge in [0.15, 0.2) is 0 Å². The molecule has 0 amide bonds. The molecule has 0 aliphatic heterocycles. The molecule has 0 radical (unpaired) electrons. The maximum Gasteiger partial charge on any atom is 0.127 e. The van der Waals surface area contributed by atoms with Gasteiger partial charge in [-0.1, -0.05) is 18.5 Å². The lowest BCUT2D eigenvalue weighted by Crippen LogP contribution is -1.89. The summed E-state index contributed by atoms with van der Waals surface area (Å²) in [6, 6.07) is 4.48. The minimum absolute atomic E-state index is 0.186. The number of hydrogen-bond acceptors (Lipinski definition) is 1. The molecular formula is C9H7ClFN. The van der Waals surface area contributed by atoms with Gasteiger partial charge in [-0.25, -0.2) is 4.39 Å². The second kappa shape index (κ2) is 3.55. The van der Waals surface area contributed by atoms with Gasteiger partial charge in [0, 0.05) is 0 Å². The van der Waals surface area contributed by atoms with Crippen LogP contribution in [-0.2, 0) is 6.42 Å². The second-order valence-electron chi connectivity index (χ2n) is 2.39. The van der Waals surface area contributed by atoms with Gasteiger partial charge in [0.05, 0.1) is 10.6 Å². The van der Waals surface area contributed by atoms with Crippen LogP contribution in [0.1, 0.15) is 18.1 Å². The van der Waals surface area contributed by atoms with Crippen LogP contribution in [0.4, 0.5) is 4.39 Å². The molecule has 1 aromatic rings. The summed E-state index contributed by atoms with van der Waals surface area (Å²) in [6.07, 6.45) is 0.581. The number of benzene rings is 1. The van der Waals surface area contributed by atoms with Crippen LogP contribution in [0.2, 0.25) is 5.02 Å². The largest absolute Gasteiger partial charge is 0.207 e. The van der Waals surface area contributed by atoms with Crippen molar-refractivity contribution in [2.75, 3.05) is 0 Å². The Hall–Kier alpha value is -1.07. The highest BCUT2D eigenvalue weighted by Gasteiger charge is 2.05. The SMILES string of the molecule is CCc1cc(Cl)c(C#N)cc1F. The molecule has 0 spiro atoms. The van der Waals surface area contributed by atoms with Gasteiger partial charge < -0.3 is 0 Å². The van der Waals surface area contributed by atoms with Gasteiger partial charge in [-0.15, -0.1) is 0 Å². The van der Waals surface area contributed by atoms with E-state index in [9.17, 15) is 4.39 Å². The minimum Gasteiger partial charge on any atom is -0.207 e. The zero-order valence-electron chi connectivity index (χ0n) is 6.56. The highest BCUT2D eigenvalue weighted by molar-refractivity contribution is 6.31. The molecule has 62 valence electrons. The summed E-state index contributed by atoms with van der Waals surface area (Å²) in [6.45, 7) is 1.83. The Morgan fingerprint density at radius 2 is 2.25 bits per heavy atom. The van der Waals surface area contributed by atoms with E-state index in [1.807, 2.05) is 13.0 Å². The molecule has 0 fully saturated rings. The molecule has 0 saturated carbocycles. The first-order chi connectivity index (χ1) is 5.69. The molecule has 0 saturated heterocycles. The van der Waals surface area contributed by atoms with Crippen LogP contribution >= 0.6 is 11.6 Å². The molecular weight excluding hydrogens is 177 g/mol. The number of nitrogens with zero attached hydrogens (tertiary/aromatic N) is 1. The van der Waals surface area contributed by atoms with Crippen molar-refractivity contribution in [3.63, 3.8) is 0 Å². The van der Waals surface area contributed by atoms with Crippen molar-refractivity contribution in [2.45, 2.75) is 13.3 Å². The van der Waals surface area contributed by atoms with E-state index >= 15 is 0 Å². The first-order valence-corrected chi connectivity index (χ1v) is 3.94. The van der Waals surface area contributed by atoms with Crippen molar-refractivity contribution in [1.82, 2.24) is 0 Å². The molecule has 0 bridgehead atoms. The van der Waals surface area contributed by atoms with Crippen molar-refractivity contribution in [3.05, 3.63) is 34.1 Å². The number of hydrogen-bond donors (Lipinski definition) is 0. The lowest BCUT2D eigenvalue weighted by Gasteiger charge is -2.00. The van der Waals surface area contributed by atoms with Crippen LogP contribution in [0, 0.1) is 17.1 Å². The Morgan fingerprint density at radius 3 is 2.75 bits per heavy atom. The zero-order chi connectivity index (χ0) is 9.14. The predicted octanol–water partition coefficient (Wildman–Crippen LogP) is 2.91. The quantitative estimate of drug-likeness (QED) is 0.657. The predicted molar refractivity (Wildman–Crippen MR) is 45.5 cm³/mol. The fourth-order valence-electron chi connectivity index (χ4n) is 0.945. The zero-order valence-corrected chi connectivity index (χ0v) is 7.32. The van der Waals surface area contributed by atoms with Crippen molar-refractivity contribution in [2.24, 2.45) is 0 Å². The molecule has 1 rings (SSSR count). The van der Waals surface area contributed by atoms with Crippen LogP contribution in [0.5, 0.6) is 0 Å². The van der Waals surface area contributed by atoms with Crippen molar-refractivity contribution in [3.8, 4) is 6.07 Å². The van der Waals surface area contributed by atoms with E-state index in [1.165, 1.54) is 12.1 Å². The molecule has 0 unspecified atom stereocenters. The first kappa shape index (κ1) is 9.02. The highest BCUT2D eigenvalue weighted by Crippen LogP contribution is 2.20. The van der Waals surface area contributed by atoms with Gasteiger partial charge in [0.1, 0.15) is 11.9 Å². The van der Waals surface area contributed by atoms with Crippen molar-refractivity contribution in [1.29, 1.82) is 5.26 Å². The molecule has 3 heteroatoms. The summed E-state index contributed by atoms with van der Waals surface area (Å²) < 4.78 is 13.0. The summed E-state index contributed by atoms with van der Waals surface area (Å²) in [5, 5.41) is 8.82. The number of nitriles is 1. The smallest absolute Gasteiger partial charge is 0.127 e. The van der Waals surface area contributed by atoms with E-state index in [0.29, 0.717) is 17.0 Å². The average Bonchev–Trinajstić information content (AvgIpc) is 2.08. The van der Waals surface area contributed by atoms with Gasteiger partial charge in [-0.05, 0) is 24.1 Å². The molecule has 12 heavy (non-hydrogen) atoms. The topological polar surface area (TPSA) is 23.8 Å². The highest BCUT2D eigenvalue weighted by atomic mass is 35.5. The third kappa shape index (κ3) is 1.57. The normalized spacial score (nSPS) is 9.50. The fraction of sp³-hybridized carbons (Fsp3) is 0.222. The standard InChI is InChI=1S/C9H7ClFN/c1-2-6-3-8(10)7(5-12)4-9(6)11/h3-4H,2H2,1H3. The van der Waals surface area contributed by atoms with E-state index < -0.39 is 0 Å². The Balaban J connectivity index is 3.28. The van der Waals surface area contributed by atoms with E-state index in [0.717, 1.165) is 0 Å². The van der Waals surface area contributed by atoms with E-state index in [1.54, 1.807) is 0 Å². The monoisotopic (exact) mass is 183 g/mol. The third-order valence-electron chi connectivity index (χ3n) is 1.64. The molecule has 0 heterocycles. The van der Waals surface area contributed by atoms with Crippen LogP contribution in [0.25, 0.3) is 0 Å². The van der Waals surface area contributed by atoms with Gasteiger partial charge >= 0.3 is 0 Å². The Kier molecular flexibility index (Phi) is 2.67. The van der Waals surface area contributed by atoms with Crippen LogP contribution in [-0.4, -0.2) is 0 Å². The summed E-state index contributed by atoms with van der Waals surface area (Å²) in [4.78, 5) is 0. The number of aryl methyl sites for hydroxylation is 1. The van der Waals surface area contributed by atoms with Crippen molar-refractivity contribution < 1.29 is 4.39 Å². The third-order valence-corrected chi connectivity index (χ3v) is 1.95.